The van der Waals surface area contributed by atoms with Crippen molar-refractivity contribution in [3.05, 3.63) is 11.5 Å². The molecule has 0 unspecified atom stereocenters. The van der Waals surface area contributed by atoms with Crippen molar-refractivity contribution in [1.82, 2.24) is 0 Å². The molecule has 86 valence electrons. The van der Waals surface area contributed by atoms with Gasteiger partial charge in [0.15, 0.2) is 0 Å². The summed E-state index contributed by atoms with van der Waals surface area (Å²) in [5.74, 6) is 0. The molecular weight excluding hydrogens is 219 g/mol. The van der Waals surface area contributed by atoms with Crippen LogP contribution in [0.2, 0.25) is 0 Å². The molecule has 0 aromatic rings. The summed E-state index contributed by atoms with van der Waals surface area (Å²) >= 11 is 0. The molecule has 0 N–H and O–H groups in total. The zero-order valence-electron chi connectivity index (χ0n) is 9.65. The quantitative estimate of drug-likeness (QED) is 0.633. The zero-order valence-corrected chi connectivity index (χ0v) is 11.4. The number of allylic oxidation sites excluding steroid dienone is 1. The molecule has 0 heterocycles. The molecule has 0 aromatic carbocycles. The van der Waals surface area contributed by atoms with E-state index in [0.29, 0.717) is 13.2 Å². The molecule has 0 aliphatic rings. The predicted molar refractivity (Wildman–Crippen MR) is 65.5 cm³/mol. The first kappa shape index (κ1) is 14.4. The minimum absolute atomic E-state index is 0.622. The van der Waals surface area contributed by atoms with E-state index in [-0.39, 0.29) is 0 Å². The van der Waals surface area contributed by atoms with Crippen LogP contribution in [-0.2, 0) is 13.0 Å². The number of hydrogen-bond donors (Lipinski definition) is 0. The van der Waals surface area contributed by atoms with E-state index in [9.17, 15) is 0 Å². The summed E-state index contributed by atoms with van der Waals surface area (Å²) in [6.45, 7) is 7.11. The second-order valence-electron chi connectivity index (χ2n) is 2.91. The Morgan fingerprint density at radius 2 is 1.64 bits per heavy atom. The normalized spacial score (nSPS) is 14.1. The first-order chi connectivity index (χ1) is 6.55. The minimum Gasteiger partial charge on any atom is -0.312 e. The fourth-order valence-electron chi connectivity index (χ4n) is 0.801. The van der Waals surface area contributed by atoms with Gasteiger partial charge in [-0.15, -0.1) is 10.3 Å². The van der Waals surface area contributed by atoms with Crippen LogP contribution >= 0.6 is 18.9 Å². The van der Waals surface area contributed by atoms with Crippen LogP contribution in [0.1, 0.15) is 20.8 Å². The molecule has 5 heteroatoms. The first-order valence-electron chi connectivity index (χ1n) is 4.67. The lowest BCUT2D eigenvalue weighted by molar-refractivity contribution is 0.227. The third-order valence-electron chi connectivity index (χ3n) is 1.19. The molecule has 3 nitrogen and oxygen atoms in total. The van der Waals surface area contributed by atoms with E-state index in [1.54, 1.807) is 0 Å². The molecule has 0 rings (SSSR count). The van der Waals surface area contributed by atoms with E-state index < -0.39 is 18.9 Å². The van der Waals surface area contributed by atoms with E-state index in [1.165, 1.54) is 0 Å². The first-order valence-corrected chi connectivity index (χ1v) is 8.20. The molecule has 0 bridgehead atoms. The van der Waals surface area contributed by atoms with Gasteiger partial charge in [0.2, 0.25) is 0 Å². The van der Waals surface area contributed by atoms with Gasteiger partial charge in [-0.25, -0.2) is 0 Å². The number of hydrogen-bond acceptors (Lipinski definition) is 3. The lowest BCUT2D eigenvalue weighted by Crippen LogP contribution is -1.99. The standard InChI is InChI=1S/C9H21O3PS/c1-6-9-14(4,5)12-13(10-7-2)11-8-3/h6,9H,7-8H2,1-5H3/b9-6+. The van der Waals surface area contributed by atoms with Crippen molar-refractivity contribution in [3.63, 3.8) is 0 Å². The van der Waals surface area contributed by atoms with Gasteiger partial charge in [-0.2, -0.15) is 0 Å². The maximum absolute atomic E-state index is 5.78. The second kappa shape index (κ2) is 7.66. The average Bonchev–Trinajstić information content (AvgIpc) is 2.03. The highest BCUT2D eigenvalue weighted by Gasteiger charge is 2.19. The second-order valence-corrected chi connectivity index (χ2v) is 7.36. The van der Waals surface area contributed by atoms with Crippen molar-refractivity contribution in [1.29, 1.82) is 0 Å². The summed E-state index contributed by atoms with van der Waals surface area (Å²) in [4.78, 5) is 0. The van der Waals surface area contributed by atoms with Gasteiger partial charge in [-0.3, -0.25) is 3.97 Å². The van der Waals surface area contributed by atoms with Gasteiger partial charge in [-0.05, 0) is 38.7 Å². The summed E-state index contributed by atoms with van der Waals surface area (Å²) in [6.07, 6.45) is 6.14. The Morgan fingerprint density at radius 1 is 1.14 bits per heavy atom. The van der Waals surface area contributed by atoms with Crippen LogP contribution in [-0.4, -0.2) is 25.7 Å². The van der Waals surface area contributed by atoms with Crippen LogP contribution in [0.15, 0.2) is 11.5 Å². The molecule has 0 saturated carbocycles. The smallest absolute Gasteiger partial charge is 0.312 e. The topological polar surface area (TPSA) is 27.7 Å². The SMILES string of the molecule is C/C=C/S(C)(C)OP(OCC)OCC. The van der Waals surface area contributed by atoms with E-state index in [1.807, 2.05) is 26.8 Å². The van der Waals surface area contributed by atoms with Crippen LogP contribution in [0, 0.1) is 0 Å². The van der Waals surface area contributed by atoms with Gasteiger partial charge in [0, 0.05) is 0 Å². The van der Waals surface area contributed by atoms with Gasteiger partial charge in [0.1, 0.15) is 0 Å². The molecule has 0 radical (unpaired) electrons. The summed E-state index contributed by atoms with van der Waals surface area (Å²) < 4.78 is 16.5. The Hall–Kier alpha value is 0.400. The van der Waals surface area contributed by atoms with Crippen molar-refractivity contribution in [2.45, 2.75) is 20.8 Å². The molecule has 0 spiro atoms. The lowest BCUT2D eigenvalue weighted by Gasteiger charge is -2.29. The van der Waals surface area contributed by atoms with Crippen molar-refractivity contribution in [3.8, 4) is 0 Å². The van der Waals surface area contributed by atoms with Gasteiger partial charge < -0.3 is 9.05 Å². The Bertz CT molecular complexity index is 167. The molecule has 0 atom stereocenters. The van der Waals surface area contributed by atoms with Crippen molar-refractivity contribution in [2.75, 3.05) is 25.7 Å². The summed E-state index contributed by atoms with van der Waals surface area (Å²) in [6, 6.07) is 0. The zero-order chi connectivity index (χ0) is 11.0. The largest absolute Gasteiger partial charge is 0.343 e. The molecule has 0 aromatic heterocycles. The van der Waals surface area contributed by atoms with Gasteiger partial charge in [0.25, 0.3) is 0 Å². The monoisotopic (exact) mass is 240 g/mol. The molecule has 0 aliphatic carbocycles. The maximum atomic E-state index is 5.78. The van der Waals surface area contributed by atoms with Crippen LogP contribution in [0.5, 0.6) is 0 Å². The Balaban J connectivity index is 4.12. The minimum atomic E-state index is -1.18. The predicted octanol–water partition coefficient (Wildman–Crippen LogP) is 3.82. The summed E-state index contributed by atoms with van der Waals surface area (Å²) in [7, 11) is -2.35. The summed E-state index contributed by atoms with van der Waals surface area (Å²) in [5, 5.41) is 2.07. The van der Waals surface area contributed by atoms with Crippen LogP contribution in [0.4, 0.5) is 0 Å². The molecule has 0 aliphatic heterocycles. The van der Waals surface area contributed by atoms with Gasteiger partial charge in [0.05, 0.1) is 13.2 Å². The van der Waals surface area contributed by atoms with Crippen molar-refractivity contribution >= 4 is 18.9 Å². The highest BCUT2D eigenvalue weighted by Crippen LogP contribution is 2.57. The Morgan fingerprint density at radius 3 is 2.00 bits per heavy atom. The van der Waals surface area contributed by atoms with Crippen molar-refractivity contribution < 1.29 is 13.0 Å². The van der Waals surface area contributed by atoms with Gasteiger partial charge in [-0.1, -0.05) is 6.08 Å². The lowest BCUT2D eigenvalue weighted by atomic mass is 10.8. The third-order valence-corrected chi connectivity index (χ3v) is 5.08. The fourth-order valence-corrected chi connectivity index (χ4v) is 3.75. The van der Waals surface area contributed by atoms with E-state index >= 15 is 0 Å². The van der Waals surface area contributed by atoms with Gasteiger partial charge >= 0.3 is 8.60 Å². The molecular formula is C9H21O3PS. The molecule has 0 fully saturated rings. The van der Waals surface area contributed by atoms with Crippen LogP contribution in [0.25, 0.3) is 0 Å². The Kier molecular flexibility index (Phi) is 7.88. The molecule has 0 amide bonds. The highest BCUT2D eigenvalue weighted by molar-refractivity contribution is 8.32. The summed E-state index contributed by atoms with van der Waals surface area (Å²) in [5.41, 5.74) is 0. The maximum Gasteiger partial charge on any atom is 0.343 e. The van der Waals surface area contributed by atoms with E-state index in [4.69, 9.17) is 13.0 Å². The van der Waals surface area contributed by atoms with Crippen LogP contribution < -0.4 is 0 Å². The molecule has 14 heavy (non-hydrogen) atoms. The van der Waals surface area contributed by atoms with E-state index in [2.05, 4.69) is 17.9 Å². The fraction of sp³-hybridized carbons (Fsp3) is 0.778. The van der Waals surface area contributed by atoms with Crippen molar-refractivity contribution in [2.24, 2.45) is 0 Å². The third kappa shape index (κ3) is 6.80. The Labute approximate surface area is 90.3 Å². The number of rotatable bonds is 7. The highest BCUT2D eigenvalue weighted by atomic mass is 32.3. The molecule has 0 saturated heterocycles. The average molecular weight is 240 g/mol. The van der Waals surface area contributed by atoms with Crippen LogP contribution in [0.3, 0.4) is 0 Å². The van der Waals surface area contributed by atoms with E-state index in [0.717, 1.165) is 0 Å².